The predicted molar refractivity (Wildman–Crippen MR) is 78.0 cm³/mol. The summed E-state index contributed by atoms with van der Waals surface area (Å²) in [5.41, 5.74) is 0. The predicted octanol–water partition coefficient (Wildman–Crippen LogP) is 2.18. The van der Waals surface area contributed by atoms with Crippen LogP contribution < -0.4 is 10.6 Å². The van der Waals surface area contributed by atoms with Crippen molar-refractivity contribution >= 4 is 27.6 Å². The Hall–Kier alpha value is -0.880. The van der Waals surface area contributed by atoms with Gasteiger partial charge in [0.2, 0.25) is 0 Å². The SMILES string of the molecule is CCCNc1ncnc(NC2CCN(C)C2)c1Br. The molecule has 1 aliphatic rings. The summed E-state index contributed by atoms with van der Waals surface area (Å²) in [5.74, 6) is 1.74. The third-order valence-corrected chi connectivity index (χ3v) is 3.82. The molecule has 1 unspecified atom stereocenters. The fraction of sp³-hybridized carbons (Fsp3) is 0.667. The summed E-state index contributed by atoms with van der Waals surface area (Å²) in [5, 5.41) is 6.76. The van der Waals surface area contributed by atoms with Gasteiger partial charge >= 0.3 is 0 Å². The Morgan fingerprint density at radius 1 is 1.44 bits per heavy atom. The minimum absolute atomic E-state index is 0.472. The van der Waals surface area contributed by atoms with Gasteiger partial charge in [-0.05, 0) is 42.4 Å². The van der Waals surface area contributed by atoms with Crippen molar-refractivity contribution in [2.75, 3.05) is 37.3 Å². The second-order valence-corrected chi connectivity index (χ2v) is 5.50. The lowest BCUT2D eigenvalue weighted by molar-refractivity contribution is 0.414. The maximum Gasteiger partial charge on any atom is 0.146 e. The van der Waals surface area contributed by atoms with E-state index in [0.29, 0.717) is 6.04 Å². The van der Waals surface area contributed by atoms with Crippen molar-refractivity contribution in [3.63, 3.8) is 0 Å². The molecule has 1 aromatic heterocycles. The second kappa shape index (κ2) is 6.33. The summed E-state index contributed by atoms with van der Waals surface area (Å²) in [7, 11) is 2.14. The van der Waals surface area contributed by atoms with E-state index >= 15 is 0 Å². The lowest BCUT2D eigenvalue weighted by Gasteiger charge is -2.16. The van der Waals surface area contributed by atoms with E-state index in [2.05, 4.69) is 55.4 Å². The smallest absolute Gasteiger partial charge is 0.146 e. The molecular formula is C12H20BrN5. The monoisotopic (exact) mass is 313 g/mol. The zero-order valence-electron chi connectivity index (χ0n) is 10.9. The normalized spacial score (nSPS) is 20.1. The van der Waals surface area contributed by atoms with E-state index in [0.717, 1.165) is 48.6 Å². The van der Waals surface area contributed by atoms with Crippen LogP contribution in [0.4, 0.5) is 11.6 Å². The molecular weight excluding hydrogens is 294 g/mol. The van der Waals surface area contributed by atoms with E-state index in [1.165, 1.54) is 0 Å². The van der Waals surface area contributed by atoms with Gasteiger partial charge in [0.15, 0.2) is 0 Å². The molecule has 2 rings (SSSR count). The zero-order chi connectivity index (χ0) is 13.0. The average molecular weight is 314 g/mol. The Kier molecular flexibility index (Phi) is 4.77. The van der Waals surface area contributed by atoms with Gasteiger partial charge in [-0.15, -0.1) is 0 Å². The van der Waals surface area contributed by atoms with Crippen LogP contribution in [-0.4, -0.2) is 47.6 Å². The molecule has 18 heavy (non-hydrogen) atoms. The Labute approximate surface area is 117 Å². The van der Waals surface area contributed by atoms with Gasteiger partial charge in [0, 0.05) is 19.1 Å². The van der Waals surface area contributed by atoms with Crippen molar-refractivity contribution < 1.29 is 0 Å². The van der Waals surface area contributed by atoms with Crippen LogP contribution in [-0.2, 0) is 0 Å². The molecule has 0 bridgehead atoms. The molecule has 0 aliphatic carbocycles. The molecule has 0 spiro atoms. The summed E-state index contributed by atoms with van der Waals surface area (Å²) in [6.45, 7) is 5.26. The maximum absolute atomic E-state index is 4.31. The molecule has 1 aromatic rings. The van der Waals surface area contributed by atoms with Crippen LogP contribution in [0.3, 0.4) is 0 Å². The van der Waals surface area contributed by atoms with Crippen LogP contribution in [0, 0.1) is 0 Å². The van der Waals surface area contributed by atoms with E-state index < -0.39 is 0 Å². The maximum atomic E-state index is 4.31. The van der Waals surface area contributed by atoms with Crippen molar-refractivity contribution in [1.29, 1.82) is 0 Å². The van der Waals surface area contributed by atoms with Gasteiger partial charge in [-0.1, -0.05) is 6.92 Å². The van der Waals surface area contributed by atoms with Crippen molar-refractivity contribution in [1.82, 2.24) is 14.9 Å². The first-order valence-corrected chi connectivity index (χ1v) is 7.19. The summed E-state index contributed by atoms with van der Waals surface area (Å²) in [6, 6.07) is 0.472. The van der Waals surface area contributed by atoms with Crippen LogP contribution in [0.2, 0.25) is 0 Å². The minimum atomic E-state index is 0.472. The fourth-order valence-electron chi connectivity index (χ4n) is 2.08. The first-order valence-electron chi connectivity index (χ1n) is 6.40. The molecule has 1 atom stereocenters. The van der Waals surface area contributed by atoms with Crippen LogP contribution >= 0.6 is 15.9 Å². The number of rotatable bonds is 5. The highest BCUT2D eigenvalue weighted by atomic mass is 79.9. The van der Waals surface area contributed by atoms with Gasteiger partial charge < -0.3 is 15.5 Å². The average Bonchev–Trinajstić information content (AvgIpc) is 2.76. The Bertz CT molecular complexity index is 398. The highest BCUT2D eigenvalue weighted by Crippen LogP contribution is 2.27. The standard InChI is InChI=1S/C12H20BrN5/c1-3-5-14-11-10(13)12(16-8-15-11)17-9-4-6-18(2)7-9/h8-9H,3-7H2,1-2H3,(H2,14,15,16,17). The van der Waals surface area contributed by atoms with Crippen molar-refractivity contribution in [2.45, 2.75) is 25.8 Å². The molecule has 5 nitrogen and oxygen atoms in total. The number of hydrogen-bond donors (Lipinski definition) is 2. The minimum Gasteiger partial charge on any atom is -0.369 e. The Morgan fingerprint density at radius 2 is 2.22 bits per heavy atom. The quantitative estimate of drug-likeness (QED) is 0.872. The van der Waals surface area contributed by atoms with Gasteiger partial charge in [-0.25, -0.2) is 9.97 Å². The number of halogens is 1. The topological polar surface area (TPSA) is 53.1 Å². The van der Waals surface area contributed by atoms with Gasteiger partial charge in [0.05, 0.1) is 0 Å². The molecule has 0 radical (unpaired) electrons. The molecule has 1 saturated heterocycles. The summed E-state index contributed by atoms with van der Waals surface area (Å²) in [6.07, 6.45) is 3.83. The van der Waals surface area contributed by atoms with E-state index in [1.54, 1.807) is 6.33 Å². The molecule has 0 saturated carbocycles. The fourth-order valence-corrected chi connectivity index (χ4v) is 2.54. The molecule has 2 heterocycles. The molecule has 6 heteroatoms. The summed E-state index contributed by atoms with van der Waals surface area (Å²) < 4.78 is 0.924. The van der Waals surface area contributed by atoms with Crippen LogP contribution in [0.15, 0.2) is 10.8 Å². The van der Waals surface area contributed by atoms with E-state index in [4.69, 9.17) is 0 Å². The molecule has 1 aliphatic heterocycles. The number of nitrogens with zero attached hydrogens (tertiary/aromatic N) is 3. The first kappa shape index (κ1) is 13.5. The lowest BCUT2D eigenvalue weighted by Crippen LogP contribution is -2.24. The van der Waals surface area contributed by atoms with Crippen molar-refractivity contribution in [2.24, 2.45) is 0 Å². The Morgan fingerprint density at radius 3 is 2.89 bits per heavy atom. The largest absolute Gasteiger partial charge is 0.369 e. The van der Waals surface area contributed by atoms with Crippen molar-refractivity contribution in [3.05, 3.63) is 10.8 Å². The molecule has 0 aromatic carbocycles. The highest BCUT2D eigenvalue weighted by molar-refractivity contribution is 9.10. The first-order chi connectivity index (χ1) is 8.70. The number of aromatic nitrogens is 2. The lowest BCUT2D eigenvalue weighted by atomic mass is 10.2. The van der Waals surface area contributed by atoms with Gasteiger partial charge in [0.25, 0.3) is 0 Å². The van der Waals surface area contributed by atoms with Gasteiger partial charge in [-0.3, -0.25) is 0 Å². The van der Waals surface area contributed by atoms with Gasteiger partial charge in [0.1, 0.15) is 22.4 Å². The van der Waals surface area contributed by atoms with E-state index in [9.17, 15) is 0 Å². The number of likely N-dealkylation sites (N-methyl/N-ethyl adjacent to an activating group) is 1. The Balaban J connectivity index is 2.03. The van der Waals surface area contributed by atoms with Crippen molar-refractivity contribution in [3.8, 4) is 0 Å². The summed E-state index contributed by atoms with van der Waals surface area (Å²) >= 11 is 3.57. The highest BCUT2D eigenvalue weighted by Gasteiger charge is 2.20. The molecule has 0 amide bonds. The van der Waals surface area contributed by atoms with Crippen LogP contribution in [0.1, 0.15) is 19.8 Å². The number of nitrogens with one attached hydrogen (secondary N) is 2. The molecule has 1 fully saturated rings. The summed E-state index contributed by atoms with van der Waals surface area (Å²) in [4.78, 5) is 10.9. The number of hydrogen-bond acceptors (Lipinski definition) is 5. The third kappa shape index (κ3) is 3.32. The molecule has 100 valence electrons. The molecule has 2 N–H and O–H groups in total. The number of anilines is 2. The second-order valence-electron chi connectivity index (χ2n) is 4.70. The third-order valence-electron chi connectivity index (χ3n) is 3.06. The van der Waals surface area contributed by atoms with Gasteiger partial charge in [-0.2, -0.15) is 0 Å². The van der Waals surface area contributed by atoms with Crippen LogP contribution in [0.25, 0.3) is 0 Å². The van der Waals surface area contributed by atoms with E-state index in [1.807, 2.05) is 0 Å². The number of likely N-dealkylation sites (tertiary alicyclic amines) is 1. The zero-order valence-corrected chi connectivity index (χ0v) is 12.5. The van der Waals surface area contributed by atoms with E-state index in [-0.39, 0.29) is 0 Å². The van der Waals surface area contributed by atoms with Crippen LogP contribution in [0.5, 0.6) is 0 Å².